The molecule has 1 fully saturated rings. The second kappa shape index (κ2) is 8.72. The number of rotatable bonds is 7. The van der Waals surface area contributed by atoms with Crippen LogP contribution in [0.15, 0.2) is 43.0 Å². The monoisotopic (exact) mass is 492 g/mol. The number of amides is 1. The summed E-state index contributed by atoms with van der Waals surface area (Å²) >= 11 is 0. The van der Waals surface area contributed by atoms with E-state index in [1.165, 1.54) is 6.07 Å². The van der Waals surface area contributed by atoms with Gasteiger partial charge in [-0.3, -0.25) is 14.1 Å². The van der Waals surface area contributed by atoms with E-state index in [0.717, 1.165) is 24.0 Å². The number of fused-ring (bicyclic) bond motifs is 1. The van der Waals surface area contributed by atoms with Gasteiger partial charge in [0.15, 0.2) is 5.82 Å². The van der Waals surface area contributed by atoms with Crippen molar-refractivity contribution >= 4 is 11.6 Å². The zero-order valence-electron chi connectivity index (χ0n) is 20.9. The Morgan fingerprint density at radius 2 is 2.00 bits per heavy atom. The molecule has 0 saturated heterocycles. The van der Waals surface area contributed by atoms with Crippen LogP contribution in [-0.4, -0.2) is 62.3 Å². The fourth-order valence-corrected chi connectivity index (χ4v) is 4.16. The van der Waals surface area contributed by atoms with E-state index in [9.17, 15) is 14.3 Å². The Morgan fingerprint density at radius 3 is 2.67 bits per heavy atom. The summed E-state index contributed by atoms with van der Waals surface area (Å²) in [6.07, 6.45) is 8.78. The van der Waals surface area contributed by atoms with Crippen molar-refractivity contribution in [3.63, 3.8) is 0 Å². The lowest BCUT2D eigenvalue weighted by Crippen LogP contribution is -2.38. The van der Waals surface area contributed by atoms with Crippen molar-refractivity contribution in [1.82, 2.24) is 29.4 Å². The van der Waals surface area contributed by atoms with Gasteiger partial charge in [-0.25, -0.2) is 14.1 Å². The predicted molar refractivity (Wildman–Crippen MR) is 133 cm³/mol. The Balaban J connectivity index is 1.56. The Hall–Kier alpha value is -3.76. The molecular formula is C26H29FN6O3. The molecule has 1 atom stereocenters. The summed E-state index contributed by atoms with van der Waals surface area (Å²) in [6, 6.07) is 4.85. The topological polar surface area (TPSA) is 96.9 Å². The van der Waals surface area contributed by atoms with Crippen molar-refractivity contribution in [2.45, 2.75) is 38.5 Å². The number of nitrogens with one attached hydrogen (secondary N) is 1. The Kier molecular flexibility index (Phi) is 5.80. The molecule has 1 aliphatic carbocycles. The smallest absolute Gasteiger partial charge is 0.254 e. The largest absolute Gasteiger partial charge is 0.496 e. The molecule has 10 heteroatoms. The number of carbonyl (C=O) groups is 1. The molecule has 0 bridgehead atoms. The van der Waals surface area contributed by atoms with Crippen molar-refractivity contribution in [1.29, 1.82) is 0 Å². The van der Waals surface area contributed by atoms with Crippen LogP contribution in [0.1, 0.15) is 41.3 Å². The zero-order valence-corrected chi connectivity index (χ0v) is 20.9. The first-order valence-electron chi connectivity index (χ1n) is 11.7. The third-order valence-electron chi connectivity index (χ3n) is 6.79. The van der Waals surface area contributed by atoms with Gasteiger partial charge in [-0.2, -0.15) is 5.10 Å². The summed E-state index contributed by atoms with van der Waals surface area (Å²) in [5.41, 5.74) is 2.06. The predicted octanol–water partition coefficient (Wildman–Crippen LogP) is 3.26. The van der Waals surface area contributed by atoms with Gasteiger partial charge in [0, 0.05) is 30.1 Å². The van der Waals surface area contributed by atoms with Crippen molar-refractivity contribution in [3.8, 4) is 22.7 Å². The molecule has 1 aromatic carbocycles. The molecule has 2 N–H and O–H groups in total. The normalized spacial score (nSPS) is 15.3. The number of imidazole rings is 1. The number of halogens is 1. The minimum Gasteiger partial charge on any atom is -0.496 e. The minimum atomic E-state index is -1.29. The lowest BCUT2D eigenvalue weighted by Gasteiger charge is -2.32. The standard InChI is InChI=1S/C26H29FN6O3/c1-15-8-21(27)19(25(34)30-17-6-7-17)9-18(15)16-11-29-33(13-16)24-12-28-23-10-22(36-5)20(14-32(23)24)26(2,35)31(3)4/h8-14,17,35H,6-7H2,1-5H3,(H,30,34). The first-order chi connectivity index (χ1) is 17.1. The van der Waals surface area contributed by atoms with E-state index < -0.39 is 17.4 Å². The van der Waals surface area contributed by atoms with Crippen LogP contribution in [0.5, 0.6) is 5.75 Å². The van der Waals surface area contributed by atoms with E-state index in [2.05, 4.69) is 15.4 Å². The molecule has 9 nitrogen and oxygen atoms in total. The molecule has 4 aromatic rings. The van der Waals surface area contributed by atoms with E-state index >= 15 is 0 Å². The van der Waals surface area contributed by atoms with Crippen molar-refractivity contribution in [2.24, 2.45) is 0 Å². The van der Waals surface area contributed by atoms with E-state index in [1.54, 1.807) is 81.6 Å². The van der Waals surface area contributed by atoms with Crippen LogP contribution in [0, 0.1) is 12.7 Å². The molecule has 1 unspecified atom stereocenters. The summed E-state index contributed by atoms with van der Waals surface area (Å²) < 4.78 is 23.6. The van der Waals surface area contributed by atoms with E-state index in [1.807, 2.05) is 4.40 Å². The molecule has 3 heterocycles. The average molecular weight is 493 g/mol. The van der Waals surface area contributed by atoms with Crippen molar-refractivity contribution < 1.29 is 19.0 Å². The summed E-state index contributed by atoms with van der Waals surface area (Å²) in [5, 5.41) is 18.4. The first-order valence-corrected chi connectivity index (χ1v) is 11.7. The summed E-state index contributed by atoms with van der Waals surface area (Å²) in [4.78, 5) is 18.7. The molecule has 0 radical (unpaired) electrons. The number of pyridine rings is 1. The molecule has 5 rings (SSSR count). The second-order valence-corrected chi connectivity index (χ2v) is 9.58. The number of hydrogen-bond donors (Lipinski definition) is 2. The van der Waals surface area contributed by atoms with Gasteiger partial charge in [0.2, 0.25) is 0 Å². The van der Waals surface area contributed by atoms with Gasteiger partial charge in [0.05, 0.1) is 30.6 Å². The van der Waals surface area contributed by atoms with E-state index in [0.29, 0.717) is 28.3 Å². The molecular weight excluding hydrogens is 463 g/mol. The highest BCUT2D eigenvalue weighted by Gasteiger charge is 2.31. The highest BCUT2D eigenvalue weighted by Crippen LogP contribution is 2.33. The van der Waals surface area contributed by atoms with Crippen LogP contribution in [0.3, 0.4) is 0 Å². The number of hydrogen-bond acceptors (Lipinski definition) is 6. The van der Waals surface area contributed by atoms with Gasteiger partial charge in [0.1, 0.15) is 22.9 Å². The van der Waals surface area contributed by atoms with Crippen LogP contribution >= 0.6 is 0 Å². The molecule has 188 valence electrons. The molecule has 0 spiro atoms. The number of nitrogens with zero attached hydrogens (tertiary/aromatic N) is 5. The van der Waals surface area contributed by atoms with Gasteiger partial charge in [-0.1, -0.05) is 0 Å². The van der Waals surface area contributed by atoms with Gasteiger partial charge in [-0.15, -0.1) is 0 Å². The van der Waals surface area contributed by atoms with Gasteiger partial charge in [-0.05, 0) is 64.0 Å². The SMILES string of the molecule is COc1cc2ncc(-n3cc(-c4cc(C(=O)NC5CC5)c(F)cc4C)cn3)n2cc1C(C)(O)N(C)C. The Bertz CT molecular complexity index is 1470. The fraction of sp³-hybridized carbons (Fsp3) is 0.346. The number of benzene rings is 1. The first kappa shape index (κ1) is 24.0. The molecule has 1 amide bonds. The highest BCUT2D eigenvalue weighted by molar-refractivity contribution is 5.96. The van der Waals surface area contributed by atoms with Crippen molar-refractivity contribution in [2.75, 3.05) is 21.2 Å². The zero-order chi connectivity index (χ0) is 25.8. The summed E-state index contributed by atoms with van der Waals surface area (Å²) in [6.45, 7) is 3.49. The summed E-state index contributed by atoms with van der Waals surface area (Å²) in [7, 11) is 5.11. The number of ether oxygens (including phenoxy) is 1. The van der Waals surface area contributed by atoms with Crippen LogP contribution in [0.2, 0.25) is 0 Å². The number of aliphatic hydroxyl groups is 1. The minimum absolute atomic E-state index is 0.0210. The molecule has 0 aliphatic heterocycles. The number of methoxy groups -OCH3 is 1. The second-order valence-electron chi connectivity index (χ2n) is 9.58. The Morgan fingerprint density at radius 1 is 1.25 bits per heavy atom. The maximum absolute atomic E-state index is 14.6. The third kappa shape index (κ3) is 4.12. The highest BCUT2D eigenvalue weighted by atomic mass is 19.1. The lowest BCUT2D eigenvalue weighted by molar-refractivity contribution is -0.0737. The van der Waals surface area contributed by atoms with Crippen LogP contribution < -0.4 is 10.1 Å². The van der Waals surface area contributed by atoms with Crippen LogP contribution in [-0.2, 0) is 5.72 Å². The third-order valence-corrected chi connectivity index (χ3v) is 6.79. The average Bonchev–Trinajstić information content (AvgIpc) is 3.35. The number of carbonyl (C=O) groups excluding carboxylic acids is 1. The molecule has 1 aliphatic rings. The number of aromatic nitrogens is 4. The summed E-state index contributed by atoms with van der Waals surface area (Å²) in [5.74, 6) is 0.206. The molecule has 1 saturated carbocycles. The maximum Gasteiger partial charge on any atom is 0.254 e. The van der Waals surface area contributed by atoms with Crippen LogP contribution in [0.25, 0.3) is 22.6 Å². The quantitative estimate of drug-likeness (QED) is 0.385. The fourth-order valence-electron chi connectivity index (χ4n) is 4.16. The lowest BCUT2D eigenvalue weighted by atomic mass is 9.99. The number of aryl methyl sites for hydroxylation is 1. The van der Waals surface area contributed by atoms with Crippen LogP contribution in [0.4, 0.5) is 4.39 Å². The van der Waals surface area contributed by atoms with Gasteiger partial charge >= 0.3 is 0 Å². The maximum atomic E-state index is 14.6. The van der Waals surface area contributed by atoms with E-state index in [4.69, 9.17) is 4.74 Å². The molecule has 3 aromatic heterocycles. The Labute approximate surface area is 208 Å². The van der Waals surface area contributed by atoms with E-state index in [-0.39, 0.29) is 11.6 Å². The van der Waals surface area contributed by atoms with Gasteiger partial charge in [0.25, 0.3) is 5.91 Å². The molecule has 36 heavy (non-hydrogen) atoms. The van der Waals surface area contributed by atoms with Gasteiger partial charge < -0.3 is 15.2 Å². The van der Waals surface area contributed by atoms with Crippen molar-refractivity contribution in [3.05, 3.63) is 65.5 Å².